The first-order valence-electron chi connectivity index (χ1n) is 2.10. The maximum Gasteiger partial charge on any atom is 0.330 e. The van der Waals surface area contributed by atoms with Crippen LogP contribution in [0, 0.1) is 0 Å². The van der Waals surface area contributed by atoms with Gasteiger partial charge in [0.05, 0.1) is 6.61 Å². The van der Waals surface area contributed by atoms with Crippen LogP contribution in [-0.2, 0) is 9.53 Å². The van der Waals surface area contributed by atoms with Crippen LogP contribution in [0.4, 0.5) is 0 Å². The zero-order chi connectivity index (χ0) is 5.70. The fourth-order valence-electron chi connectivity index (χ4n) is 0.201. The first-order chi connectivity index (χ1) is 3.31. The Labute approximate surface area is 56.0 Å². The fraction of sp³-hybridized carbons (Fsp3) is 0.400. The van der Waals surface area contributed by atoms with Gasteiger partial charge in [0.15, 0.2) is 0 Å². The summed E-state index contributed by atoms with van der Waals surface area (Å²) in [6, 6.07) is 0. The minimum absolute atomic E-state index is 0. The van der Waals surface area contributed by atoms with Crippen LogP contribution in [0.3, 0.4) is 0 Å². The summed E-state index contributed by atoms with van der Waals surface area (Å²) in [7, 11) is 0. The molecule has 48 valence electrons. The summed E-state index contributed by atoms with van der Waals surface area (Å²) in [5, 5.41) is 0. The van der Waals surface area contributed by atoms with Crippen LogP contribution in [0.1, 0.15) is 6.92 Å². The van der Waals surface area contributed by atoms with Gasteiger partial charge in [-0.05, 0) is 6.92 Å². The van der Waals surface area contributed by atoms with E-state index in [0.717, 1.165) is 6.08 Å². The van der Waals surface area contributed by atoms with Crippen molar-refractivity contribution < 1.29 is 9.53 Å². The Morgan fingerprint density at radius 1 is 1.88 bits per heavy atom. The number of esters is 1. The van der Waals surface area contributed by atoms with E-state index in [2.05, 4.69) is 11.3 Å². The van der Waals surface area contributed by atoms with E-state index >= 15 is 0 Å². The molecular formula is C5H10O2S. The first kappa shape index (κ1) is 10.5. The topological polar surface area (TPSA) is 26.3 Å². The van der Waals surface area contributed by atoms with Crippen LogP contribution in [0.2, 0.25) is 0 Å². The van der Waals surface area contributed by atoms with Crippen LogP contribution in [0.25, 0.3) is 0 Å². The van der Waals surface area contributed by atoms with Gasteiger partial charge in [-0.1, -0.05) is 6.58 Å². The van der Waals surface area contributed by atoms with Crippen LogP contribution in [0.15, 0.2) is 12.7 Å². The molecule has 0 saturated heterocycles. The Morgan fingerprint density at radius 2 is 2.38 bits per heavy atom. The van der Waals surface area contributed by atoms with Gasteiger partial charge in [0, 0.05) is 6.08 Å². The van der Waals surface area contributed by atoms with Crippen molar-refractivity contribution in [3.8, 4) is 0 Å². The molecule has 0 aromatic rings. The highest BCUT2D eigenvalue weighted by atomic mass is 32.1. The minimum atomic E-state index is -0.359. The van der Waals surface area contributed by atoms with E-state index in [0.29, 0.717) is 6.61 Å². The number of ether oxygens (including phenoxy) is 1. The second kappa shape index (κ2) is 6.56. The van der Waals surface area contributed by atoms with Crippen molar-refractivity contribution in [1.82, 2.24) is 0 Å². The molecule has 0 radical (unpaired) electrons. The molecule has 2 nitrogen and oxygen atoms in total. The average molecular weight is 134 g/mol. The third-order valence-electron chi connectivity index (χ3n) is 0.453. The lowest BCUT2D eigenvalue weighted by Gasteiger charge is -1.90. The van der Waals surface area contributed by atoms with Gasteiger partial charge in [-0.3, -0.25) is 0 Å². The molecule has 0 unspecified atom stereocenters. The Bertz CT molecular complexity index is 80.5. The quantitative estimate of drug-likeness (QED) is 0.413. The van der Waals surface area contributed by atoms with Crippen LogP contribution >= 0.6 is 13.5 Å². The van der Waals surface area contributed by atoms with E-state index in [1.165, 1.54) is 0 Å². The molecule has 0 saturated carbocycles. The molecule has 0 aliphatic heterocycles. The monoisotopic (exact) mass is 134 g/mol. The van der Waals surface area contributed by atoms with E-state index < -0.39 is 0 Å². The molecule has 0 aliphatic carbocycles. The van der Waals surface area contributed by atoms with Crippen molar-refractivity contribution in [2.24, 2.45) is 0 Å². The zero-order valence-corrected chi connectivity index (χ0v) is 5.81. The molecule has 0 aromatic carbocycles. The molecule has 0 heterocycles. The molecule has 8 heavy (non-hydrogen) atoms. The Kier molecular flexibility index (Phi) is 8.63. The molecule has 0 rings (SSSR count). The first-order valence-corrected chi connectivity index (χ1v) is 2.10. The predicted octanol–water partition coefficient (Wildman–Crippen LogP) is 0.848. The maximum absolute atomic E-state index is 10.1. The molecule has 0 aromatic heterocycles. The summed E-state index contributed by atoms with van der Waals surface area (Å²) in [4.78, 5) is 10.1. The highest BCUT2D eigenvalue weighted by Crippen LogP contribution is 1.74. The second-order valence-corrected chi connectivity index (χ2v) is 0.956. The van der Waals surface area contributed by atoms with Gasteiger partial charge in [-0.25, -0.2) is 4.79 Å². The third-order valence-corrected chi connectivity index (χ3v) is 0.453. The van der Waals surface area contributed by atoms with Crippen molar-refractivity contribution in [3.63, 3.8) is 0 Å². The van der Waals surface area contributed by atoms with Crippen LogP contribution in [-0.4, -0.2) is 12.6 Å². The van der Waals surface area contributed by atoms with Crippen molar-refractivity contribution in [3.05, 3.63) is 12.7 Å². The predicted molar refractivity (Wildman–Crippen MR) is 37.2 cm³/mol. The second-order valence-electron chi connectivity index (χ2n) is 0.956. The van der Waals surface area contributed by atoms with Crippen LogP contribution < -0.4 is 0 Å². The normalized spacial score (nSPS) is 6.62. The highest BCUT2D eigenvalue weighted by Gasteiger charge is 1.86. The van der Waals surface area contributed by atoms with Gasteiger partial charge in [-0.2, -0.15) is 13.5 Å². The standard InChI is InChI=1S/C5H8O2.H2S/c1-3-5(6)7-4-2;/h3H,1,4H2,2H3;1H2. The van der Waals surface area contributed by atoms with E-state index in [-0.39, 0.29) is 19.5 Å². The van der Waals surface area contributed by atoms with Crippen molar-refractivity contribution in [2.75, 3.05) is 6.61 Å². The number of hydrogen-bond acceptors (Lipinski definition) is 2. The molecule has 0 amide bonds. The van der Waals surface area contributed by atoms with Gasteiger partial charge in [0.1, 0.15) is 0 Å². The number of carbonyl (C=O) groups is 1. The summed E-state index contributed by atoms with van der Waals surface area (Å²) < 4.78 is 4.43. The van der Waals surface area contributed by atoms with E-state index in [4.69, 9.17) is 0 Å². The van der Waals surface area contributed by atoms with E-state index in [1.54, 1.807) is 6.92 Å². The SMILES string of the molecule is C=CC(=O)OCC.S. The van der Waals surface area contributed by atoms with Crippen molar-refractivity contribution >= 4 is 19.5 Å². The fourth-order valence-corrected chi connectivity index (χ4v) is 0.201. The summed E-state index contributed by atoms with van der Waals surface area (Å²) in [5.74, 6) is -0.359. The minimum Gasteiger partial charge on any atom is -0.463 e. The highest BCUT2D eigenvalue weighted by molar-refractivity contribution is 7.59. The summed E-state index contributed by atoms with van der Waals surface area (Å²) in [5.41, 5.74) is 0. The van der Waals surface area contributed by atoms with Gasteiger partial charge in [0.2, 0.25) is 0 Å². The zero-order valence-electron chi connectivity index (χ0n) is 4.81. The third kappa shape index (κ3) is 5.56. The molecular weight excluding hydrogens is 124 g/mol. The molecule has 0 N–H and O–H groups in total. The van der Waals surface area contributed by atoms with Gasteiger partial charge < -0.3 is 4.74 Å². The Balaban J connectivity index is 0. The van der Waals surface area contributed by atoms with Crippen molar-refractivity contribution in [2.45, 2.75) is 6.92 Å². The van der Waals surface area contributed by atoms with E-state index in [1.807, 2.05) is 0 Å². The van der Waals surface area contributed by atoms with Gasteiger partial charge >= 0.3 is 5.97 Å². The summed E-state index contributed by atoms with van der Waals surface area (Å²) >= 11 is 0. The van der Waals surface area contributed by atoms with Gasteiger partial charge in [-0.15, -0.1) is 0 Å². The van der Waals surface area contributed by atoms with E-state index in [9.17, 15) is 4.79 Å². The lowest BCUT2D eigenvalue weighted by Crippen LogP contribution is -1.97. The average Bonchev–Trinajstić information content (AvgIpc) is 1.68. The van der Waals surface area contributed by atoms with Crippen molar-refractivity contribution in [1.29, 1.82) is 0 Å². The molecule has 3 heteroatoms. The lowest BCUT2D eigenvalue weighted by atomic mass is 10.6. The smallest absolute Gasteiger partial charge is 0.330 e. The molecule has 0 fully saturated rings. The number of carbonyl (C=O) groups excluding carboxylic acids is 1. The molecule has 0 bridgehead atoms. The molecule has 0 spiro atoms. The lowest BCUT2D eigenvalue weighted by molar-refractivity contribution is -0.137. The molecule has 0 atom stereocenters. The maximum atomic E-state index is 10.1. The van der Waals surface area contributed by atoms with Crippen LogP contribution in [0.5, 0.6) is 0 Å². The summed E-state index contributed by atoms with van der Waals surface area (Å²) in [6.07, 6.45) is 1.14. The Morgan fingerprint density at radius 3 is 2.50 bits per heavy atom. The number of hydrogen-bond donors (Lipinski definition) is 0. The molecule has 0 aliphatic rings. The van der Waals surface area contributed by atoms with Gasteiger partial charge in [0.25, 0.3) is 0 Å². The largest absolute Gasteiger partial charge is 0.463 e. The Hall–Kier alpha value is -0.440. The summed E-state index contributed by atoms with van der Waals surface area (Å²) in [6.45, 7) is 5.38. The number of rotatable bonds is 2.